The number of halogens is 2. The lowest BCUT2D eigenvalue weighted by Gasteiger charge is -2.16. The van der Waals surface area contributed by atoms with Crippen molar-refractivity contribution in [2.24, 2.45) is 0 Å². The lowest BCUT2D eigenvalue weighted by atomic mass is 9.97. The number of fused-ring (bicyclic) bond motifs is 3. The minimum absolute atomic E-state index is 0.161. The zero-order chi connectivity index (χ0) is 19.1. The number of anilines is 1. The molecule has 3 aromatic rings. The van der Waals surface area contributed by atoms with Crippen molar-refractivity contribution in [3.05, 3.63) is 55.4 Å². The molecule has 27 heavy (non-hydrogen) atoms. The van der Waals surface area contributed by atoms with Crippen molar-refractivity contribution in [1.82, 2.24) is 9.55 Å². The first-order chi connectivity index (χ1) is 12.9. The molecule has 0 radical (unpaired) electrons. The Bertz CT molecular complexity index is 1090. The Labute approximate surface area is 169 Å². The largest absolute Gasteiger partial charge is 0.324 e. The summed E-state index contributed by atoms with van der Waals surface area (Å²) in [6, 6.07) is 4.09. The Morgan fingerprint density at radius 1 is 1.22 bits per heavy atom. The lowest BCUT2D eigenvalue weighted by Crippen LogP contribution is -2.32. The van der Waals surface area contributed by atoms with Crippen molar-refractivity contribution >= 4 is 56.3 Å². The average Bonchev–Trinajstić information content (AvgIpc) is 3.00. The predicted molar refractivity (Wildman–Crippen MR) is 110 cm³/mol. The molecule has 0 saturated heterocycles. The van der Waals surface area contributed by atoms with Gasteiger partial charge in [0.15, 0.2) is 0 Å². The van der Waals surface area contributed by atoms with Gasteiger partial charge in [0.25, 0.3) is 5.56 Å². The van der Waals surface area contributed by atoms with Crippen molar-refractivity contribution in [3.8, 4) is 0 Å². The Morgan fingerprint density at radius 3 is 2.67 bits per heavy atom. The van der Waals surface area contributed by atoms with Crippen molar-refractivity contribution < 1.29 is 4.79 Å². The molecule has 0 fully saturated rings. The summed E-state index contributed by atoms with van der Waals surface area (Å²) in [5.41, 5.74) is 1.44. The van der Waals surface area contributed by atoms with E-state index in [4.69, 9.17) is 23.2 Å². The van der Waals surface area contributed by atoms with Gasteiger partial charge in [-0.15, -0.1) is 11.3 Å². The standard InChI is InChI=1S/C19H17Cl2N3O2S/c1-10(17(25)23-13-7-11(20)6-12(21)8-13)24-9-22-18-16(19(24)26)14-4-2-3-5-15(14)27-18/h6-10H,2-5H2,1H3,(H,23,25). The average molecular weight is 422 g/mol. The summed E-state index contributed by atoms with van der Waals surface area (Å²) >= 11 is 13.5. The lowest BCUT2D eigenvalue weighted by molar-refractivity contribution is -0.118. The quantitative estimate of drug-likeness (QED) is 0.657. The fraction of sp³-hybridized carbons (Fsp3) is 0.316. The Morgan fingerprint density at radius 2 is 1.93 bits per heavy atom. The van der Waals surface area contributed by atoms with Crippen molar-refractivity contribution in [2.75, 3.05) is 5.32 Å². The molecule has 2 aromatic heterocycles. The molecule has 1 aromatic carbocycles. The molecule has 1 aliphatic carbocycles. The van der Waals surface area contributed by atoms with Crippen LogP contribution in [0.3, 0.4) is 0 Å². The SMILES string of the molecule is CC(C(=O)Nc1cc(Cl)cc(Cl)c1)n1cnc2sc3c(c2c1=O)CCCC3. The number of carbonyl (C=O) groups is 1. The van der Waals surface area contributed by atoms with E-state index in [1.54, 1.807) is 36.5 Å². The molecule has 1 unspecified atom stereocenters. The summed E-state index contributed by atoms with van der Waals surface area (Å²) in [4.78, 5) is 32.2. The van der Waals surface area contributed by atoms with Gasteiger partial charge in [0, 0.05) is 20.6 Å². The zero-order valence-corrected chi connectivity index (χ0v) is 16.9. The second kappa shape index (κ2) is 7.26. The number of rotatable bonds is 3. The van der Waals surface area contributed by atoms with Crippen LogP contribution in [0, 0.1) is 0 Å². The number of hydrogen-bond donors (Lipinski definition) is 1. The van der Waals surface area contributed by atoms with Crippen LogP contribution in [0.25, 0.3) is 10.2 Å². The summed E-state index contributed by atoms with van der Waals surface area (Å²) in [7, 11) is 0. The third-order valence-electron chi connectivity index (χ3n) is 4.83. The zero-order valence-electron chi connectivity index (χ0n) is 14.6. The number of nitrogens with one attached hydrogen (secondary N) is 1. The van der Waals surface area contributed by atoms with Gasteiger partial charge in [-0.3, -0.25) is 14.2 Å². The molecule has 4 rings (SSSR count). The third kappa shape index (κ3) is 3.49. The molecule has 1 aliphatic rings. The van der Waals surface area contributed by atoms with Gasteiger partial charge in [-0.2, -0.15) is 0 Å². The van der Waals surface area contributed by atoms with Crippen LogP contribution in [-0.2, 0) is 17.6 Å². The summed E-state index contributed by atoms with van der Waals surface area (Å²) in [6.07, 6.45) is 5.59. The first-order valence-electron chi connectivity index (χ1n) is 8.72. The van der Waals surface area contributed by atoms with Crippen LogP contribution >= 0.6 is 34.5 Å². The van der Waals surface area contributed by atoms with E-state index in [1.807, 2.05) is 0 Å². The first-order valence-corrected chi connectivity index (χ1v) is 10.3. The molecular weight excluding hydrogens is 405 g/mol. The van der Waals surface area contributed by atoms with Crippen LogP contribution in [0.1, 0.15) is 36.2 Å². The molecule has 1 amide bonds. The molecule has 0 bridgehead atoms. The van der Waals surface area contributed by atoms with Crippen LogP contribution in [0.5, 0.6) is 0 Å². The maximum Gasteiger partial charge on any atom is 0.263 e. The van der Waals surface area contributed by atoms with E-state index in [-0.39, 0.29) is 11.5 Å². The van der Waals surface area contributed by atoms with Crippen LogP contribution in [0.15, 0.2) is 29.3 Å². The number of hydrogen-bond acceptors (Lipinski definition) is 4. The van der Waals surface area contributed by atoms with E-state index >= 15 is 0 Å². The van der Waals surface area contributed by atoms with Crippen molar-refractivity contribution in [2.45, 2.75) is 38.6 Å². The van der Waals surface area contributed by atoms with E-state index in [0.29, 0.717) is 21.1 Å². The summed E-state index contributed by atoms with van der Waals surface area (Å²) < 4.78 is 1.39. The normalized spacial score (nSPS) is 14.8. The van der Waals surface area contributed by atoms with Crippen molar-refractivity contribution in [3.63, 3.8) is 0 Å². The van der Waals surface area contributed by atoms with Crippen molar-refractivity contribution in [1.29, 1.82) is 0 Å². The highest BCUT2D eigenvalue weighted by Crippen LogP contribution is 2.33. The number of aromatic nitrogens is 2. The predicted octanol–water partition coefficient (Wildman–Crippen LogP) is 4.84. The first kappa shape index (κ1) is 18.5. The molecule has 140 valence electrons. The highest BCUT2D eigenvalue weighted by atomic mass is 35.5. The number of nitrogens with zero attached hydrogens (tertiary/aromatic N) is 2. The Kier molecular flexibility index (Phi) is 4.97. The number of thiophene rings is 1. The van der Waals surface area contributed by atoms with Crippen LogP contribution in [-0.4, -0.2) is 15.5 Å². The monoisotopic (exact) mass is 421 g/mol. The van der Waals surface area contributed by atoms with Gasteiger partial charge in [0.05, 0.1) is 11.7 Å². The van der Waals surface area contributed by atoms with Gasteiger partial charge in [-0.05, 0) is 56.4 Å². The third-order valence-corrected chi connectivity index (χ3v) is 6.46. The van der Waals surface area contributed by atoms with Gasteiger partial charge in [-0.25, -0.2) is 4.98 Å². The van der Waals surface area contributed by atoms with Crippen LogP contribution < -0.4 is 10.9 Å². The van der Waals surface area contributed by atoms with Gasteiger partial charge in [-0.1, -0.05) is 23.2 Å². The Hall–Kier alpha value is -1.89. The molecular formula is C19H17Cl2N3O2S. The Balaban J connectivity index is 1.67. The fourth-order valence-corrected chi connectivity index (χ4v) is 5.18. The second-order valence-corrected chi connectivity index (χ2v) is 8.63. The smallest absolute Gasteiger partial charge is 0.263 e. The minimum atomic E-state index is -0.716. The van der Waals surface area contributed by atoms with E-state index in [2.05, 4.69) is 10.3 Å². The number of carbonyl (C=O) groups excluding carboxylic acids is 1. The highest BCUT2D eigenvalue weighted by Gasteiger charge is 2.23. The second-order valence-electron chi connectivity index (χ2n) is 6.67. The molecule has 0 spiro atoms. The molecule has 0 aliphatic heterocycles. The molecule has 1 N–H and O–H groups in total. The van der Waals surface area contributed by atoms with E-state index in [0.717, 1.165) is 36.1 Å². The molecule has 2 heterocycles. The number of aryl methyl sites for hydroxylation is 2. The van der Waals surface area contributed by atoms with Crippen LogP contribution in [0.4, 0.5) is 5.69 Å². The number of benzene rings is 1. The maximum atomic E-state index is 13.1. The molecule has 8 heteroatoms. The summed E-state index contributed by atoms with van der Waals surface area (Å²) in [5.74, 6) is -0.333. The van der Waals surface area contributed by atoms with E-state index < -0.39 is 6.04 Å². The fourth-order valence-electron chi connectivity index (χ4n) is 3.43. The van der Waals surface area contributed by atoms with E-state index in [9.17, 15) is 9.59 Å². The van der Waals surface area contributed by atoms with Gasteiger partial charge >= 0.3 is 0 Å². The molecule has 1 atom stereocenters. The van der Waals surface area contributed by atoms with Gasteiger partial charge in [0.1, 0.15) is 10.9 Å². The summed E-state index contributed by atoms with van der Waals surface area (Å²) in [5, 5.41) is 4.28. The topological polar surface area (TPSA) is 64.0 Å². The number of amides is 1. The van der Waals surface area contributed by atoms with Gasteiger partial charge < -0.3 is 5.32 Å². The van der Waals surface area contributed by atoms with Gasteiger partial charge in [0.2, 0.25) is 5.91 Å². The molecule has 0 saturated carbocycles. The maximum absolute atomic E-state index is 13.1. The molecule has 5 nitrogen and oxygen atoms in total. The summed E-state index contributed by atoms with van der Waals surface area (Å²) in [6.45, 7) is 1.68. The minimum Gasteiger partial charge on any atom is -0.324 e. The van der Waals surface area contributed by atoms with E-state index in [1.165, 1.54) is 15.8 Å². The highest BCUT2D eigenvalue weighted by molar-refractivity contribution is 7.18. The van der Waals surface area contributed by atoms with Crippen LogP contribution in [0.2, 0.25) is 10.0 Å².